The third-order valence-electron chi connectivity index (χ3n) is 4.07. The van der Waals surface area contributed by atoms with Crippen LogP contribution in [-0.2, 0) is 16.1 Å². The Kier molecular flexibility index (Phi) is 11.1. The van der Waals surface area contributed by atoms with E-state index in [1.807, 2.05) is 14.1 Å². The highest BCUT2D eigenvalue weighted by atomic mass is 16.5. The Bertz CT molecular complexity index is 532. The summed E-state index contributed by atoms with van der Waals surface area (Å²) in [5, 5.41) is 14.7. The van der Waals surface area contributed by atoms with Crippen molar-refractivity contribution in [2.24, 2.45) is 0 Å². The maximum Gasteiger partial charge on any atom is 0.243 e. The predicted octanol–water partition coefficient (Wildman–Crippen LogP) is 1.80. The average Bonchev–Trinajstić information content (AvgIpc) is 2.64. The number of unbranched alkanes of at least 4 members (excludes halogenated alkanes) is 2. The predicted molar refractivity (Wildman–Crippen MR) is 103 cm³/mol. The van der Waals surface area contributed by atoms with E-state index in [0.29, 0.717) is 25.8 Å². The van der Waals surface area contributed by atoms with Crippen molar-refractivity contribution >= 4 is 17.5 Å². The molecule has 0 saturated heterocycles. The van der Waals surface area contributed by atoms with E-state index >= 15 is 0 Å². The van der Waals surface area contributed by atoms with Gasteiger partial charge in [0.15, 0.2) is 0 Å². The smallest absolute Gasteiger partial charge is 0.243 e. The summed E-state index contributed by atoms with van der Waals surface area (Å²) < 4.78 is 0. The second kappa shape index (κ2) is 13.1. The number of nitrogens with zero attached hydrogens (tertiary/aromatic N) is 1. The summed E-state index contributed by atoms with van der Waals surface area (Å²) in [6.07, 6.45) is 3.85. The largest absolute Gasteiger partial charge is 0.378 e. The lowest BCUT2D eigenvalue weighted by Crippen LogP contribution is -2.25. The molecule has 0 fully saturated rings. The highest BCUT2D eigenvalue weighted by Gasteiger charge is 2.03. The van der Waals surface area contributed by atoms with E-state index in [1.165, 1.54) is 11.3 Å². The first-order valence-electron chi connectivity index (χ1n) is 9.19. The van der Waals surface area contributed by atoms with E-state index < -0.39 is 5.91 Å². The van der Waals surface area contributed by atoms with Gasteiger partial charge in [0.25, 0.3) is 0 Å². The standard InChI is InChI=1S/C19H32N4O3/c1-23(2)17-11-9-16(10-12-17)15-20-13-5-6-14-21-18(24)7-3-4-8-19(25)22-26/h9-12,20,26H,3-8,13-15H2,1-2H3,(H,21,24)(H,22,25). The van der Waals surface area contributed by atoms with Crippen LogP contribution in [0, 0.1) is 0 Å². The molecule has 7 heteroatoms. The molecule has 0 heterocycles. The summed E-state index contributed by atoms with van der Waals surface area (Å²) in [6, 6.07) is 8.49. The third kappa shape index (κ3) is 10.0. The molecule has 0 bridgehead atoms. The fourth-order valence-electron chi connectivity index (χ4n) is 2.46. The first-order chi connectivity index (χ1) is 12.5. The molecule has 1 aromatic rings. The van der Waals surface area contributed by atoms with Crippen molar-refractivity contribution in [3.05, 3.63) is 29.8 Å². The summed E-state index contributed by atoms with van der Waals surface area (Å²) in [5.74, 6) is -0.394. The monoisotopic (exact) mass is 364 g/mol. The van der Waals surface area contributed by atoms with Crippen LogP contribution in [0.25, 0.3) is 0 Å². The summed E-state index contributed by atoms with van der Waals surface area (Å²) >= 11 is 0. The van der Waals surface area contributed by atoms with Crippen LogP contribution in [0.3, 0.4) is 0 Å². The zero-order chi connectivity index (χ0) is 19.2. The van der Waals surface area contributed by atoms with Gasteiger partial charge in [-0.15, -0.1) is 0 Å². The van der Waals surface area contributed by atoms with E-state index in [1.54, 1.807) is 5.48 Å². The van der Waals surface area contributed by atoms with Crippen LogP contribution in [0.1, 0.15) is 44.1 Å². The number of carbonyl (C=O) groups excluding carboxylic acids is 2. The van der Waals surface area contributed by atoms with Gasteiger partial charge in [0.2, 0.25) is 11.8 Å². The molecule has 0 aliphatic heterocycles. The van der Waals surface area contributed by atoms with E-state index in [0.717, 1.165) is 25.9 Å². The SMILES string of the molecule is CN(C)c1ccc(CNCCCCNC(=O)CCCCC(=O)NO)cc1. The van der Waals surface area contributed by atoms with Crippen LogP contribution in [0.4, 0.5) is 5.69 Å². The maximum absolute atomic E-state index is 11.6. The molecule has 0 aliphatic rings. The van der Waals surface area contributed by atoms with Gasteiger partial charge in [0.1, 0.15) is 0 Å². The van der Waals surface area contributed by atoms with Gasteiger partial charge in [0.05, 0.1) is 0 Å². The maximum atomic E-state index is 11.6. The Morgan fingerprint density at radius 3 is 2.15 bits per heavy atom. The van der Waals surface area contributed by atoms with E-state index in [2.05, 4.69) is 39.8 Å². The molecule has 146 valence electrons. The van der Waals surface area contributed by atoms with Crippen molar-refractivity contribution in [2.75, 3.05) is 32.1 Å². The zero-order valence-electron chi connectivity index (χ0n) is 15.9. The van der Waals surface area contributed by atoms with Gasteiger partial charge < -0.3 is 15.5 Å². The number of hydroxylamine groups is 1. The van der Waals surface area contributed by atoms with E-state index in [-0.39, 0.29) is 12.3 Å². The lowest BCUT2D eigenvalue weighted by atomic mass is 10.2. The molecule has 0 spiro atoms. The molecule has 4 N–H and O–H groups in total. The topological polar surface area (TPSA) is 93.7 Å². The van der Waals surface area contributed by atoms with Gasteiger partial charge in [-0.05, 0) is 49.9 Å². The molecule has 26 heavy (non-hydrogen) atoms. The normalized spacial score (nSPS) is 10.4. The molecular weight excluding hydrogens is 332 g/mol. The number of hydrogen-bond donors (Lipinski definition) is 4. The quantitative estimate of drug-likeness (QED) is 0.243. The number of benzene rings is 1. The Balaban J connectivity index is 1.97. The first-order valence-corrected chi connectivity index (χ1v) is 9.19. The number of amides is 2. The fraction of sp³-hybridized carbons (Fsp3) is 0.579. The molecule has 0 atom stereocenters. The van der Waals surface area contributed by atoms with Gasteiger partial charge in [0, 0.05) is 45.7 Å². The van der Waals surface area contributed by atoms with E-state index in [9.17, 15) is 9.59 Å². The summed E-state index contributed by atoms with van der Waals surface area (Å²) in [7, 11) is 4.06. The van der Waals surface area contributed by atoms with E-state index in [4.69, 9.17) is 5.21 Å². The van der Waals surface area contributed by atoms with Crippen molar-refractivity contribution in [1.82, 2.24) is 16.1 Å². The zero-order valence-corrected chi connectivity index (χ0v) is 15.9. The molecule has 0 aliphatic carbocycles. The Hall–Kier alpha value is -2.12. The number of rotatable bonds is 13. The molecule has 1 rings (SSSR count). The highest BCUT2D eigenvalue weighted by molar-refractivity contribution is 5.76. The van der Waals surface area contributed by atoms with Crippen LogP contribution >= 0.6 is 0 Å². The molecule has 2 amide bonds. The molecular formula is C19H32N4O3. The Labute approximate surface area is 156 Å². The second-order valence-corrected chi connectivity index (χ2v) is 6.54. The molecule has 7 nitrogen and oxygen atoms in total. The van der Waals surface area contributed by atoms with Crippen LogP contribution in [0.15, 0.2) is 24.3 Å². The summed E-state index contributed by atoms with van der Waals surface area (Å²) in [6.45, 7) is 2.44. The Morgan fingerprint density at radius 1 is 0.923 bits per heavy atom. The number of nitrogens with one attached hydrogen (secondary N) is 3. The molecule has 0 saturated carbocycles. The molecule has 0 unspecified atom stereocenters. The minimum Gasteiger partial charge on any atom is -0.378 e. The van der Waals surface area contributed by atoms with Crippen LogP contribution in [0.5, 0.6) is 0 Å². The van der Waals surface area contributed by atoms with Gasteiger partial charge in [-0.3, -0.25) is 14.8 Å². The molecule has 0 aromatic heterocycles. The van der Waals surface area contributed by atoms with Gasteiger partial charge in [-0.25, -0.2) is 5.48 Å². The second-order valence-electron chi connectivity index (χ2n) is 6.54. The van der Waals surface area contributed by atoms with Crippen molar-refractivity contribution in [2.45, 2.75) is 45.1 Å². The summed E-state index contributed by atoms with van der Waals surface area (Å²) in [4.78, 5) is 24.5. The van der Waals surface area contributed by atoms with Gasteiger partial charge in [-0.1, -0.05) is 12.1 Å². The molecule has 0 radical (unpaired) electrons. The number of anilines is 1. The number of carbonyl (C=O) groups is 2. The van der Waals surface area contributed by atoms with Gasteiger partial charge in [-0.2, -0.15) is 0 Å². The van der Waals surface area contributed by atoms with Crippen LogP contribution < -0.4 is 21.0 Å². The minimum absolute atomic E-state index is 0.0170. The van der Waals surface area contributed by atoms with Crippen molar-refractivity contribution in [1.29, 1.82) is 0 Å². The highest BCUT2D eigenvalue weighted by Crippen LogP contribution is 2.11. The third-order valence-corrected chi connectivity index (χ3v) is 4.07. The van der Waals surface area contributed by atoms with Crippen molar-refractivity contribution < 1.29 is 14.8 Å². The van der Waals surface area contributed by atoms with Crippen molar-refractivity contribution in [3.63, 3.8) is 0 Å². The van der Waals surface area contributed by atoms with Crippen molar-refractivity contribution in [3.8, 4) is 0 Å². The Morgan fingerprint density at radius 2 is 1.54 bits per heavy atom. The van der Waals surface area contributed by atoms with Gasteiger partial charge >= 0.3 is 0 Å². The number of hydrogen-bond acceptors (Lipinski definition) is 5. The average molecular weight is 364 g/mol. The fourth-order valence-corrected chi connectivity index (χ4v) is 2.46. The van der Waals surface area contributed by atoms with Crippen LogP contribution in [-0.4, -0.2) is 44.2 Å². The minimum atomic E-state index is -0.411. The lowest BCUT2D eigenvalue weighted by molar-refractivity contribution is -0.129. The van der Waals surface area contributed by atoms with Crippen LogP contribution in [0.2, 0.25) is 0 Å². The lowest BCUT2D eigenvalue weighted by Gasteiger charge is -2.13. The molecule has 1 aromatic carbocycles. The summed E-state index contributed by atoms with van der Waals surface area (Å²) in [5.41, 5.74) is 4.04. The first kappa shape index (κ1) is 21.9.